The van der Waals surface area contributed by atoms with Crippen LogP contribution in [0.3, 0.4) is 0 Å². The van der Waals surface area contributed by atoms with Crippen molar-refractivity contribution < 1.29 is 4.74 Å². The van der Waals surface area contributed by atoms with E-state index in [2.05, 4.69) is 57.0 Å². The van der Waals surface area contributed by atoms with Crippen LogP contribution in [0.2, 0.25) is 0 Å². The third-order valence-corrected chi connectivity index (χ3v) is 4.32. The number of hydrogen-bond donors (Lipinski definition) is 0. The van der Waals surface area contributed by atoms with Crippen LogP contribution in [0, 0.1) is 5.92 Å². The minimum atomic E-state index is 0.143. The zero-order valence-electron chi connectivity index (χ0n) is 13.5. The normalized spacial score (nSPS) is 18.2. The van der Waals surface area contributed by atoms with Crippen LogP contribution in [0.15, 0.2) is 24.3 Å². The topological polar surface area (TPSA) is 12.5 Å². The van der Waals surface area contributed by atoms with Gasteiger partial charge in [0.1, 0.15) is 5.75 Å². The minimum absolute atomic E-state index is 0.143. The van der Waals surface area contributed by atoms with Crippen LogP contribution in [0.25, 0.3) is 0 Å². The molecular formula is C18H29NO. The fourth-order valence-corrected chi connectivity index (χ4v) is 2.90. The van der Waals surface area contributed by atoms with Gasteiger partial charge in [-0.3, -0.25) is 0 Å². The van der Waals surface area contributed by atoms with Crippen molar-refractivity contribution in [1.82, 2.24) is 4.90 Å². The molecule has 1 aliphatic heterocycles. The molecule has 1 fully saturated rings. The summed E-state index contributed by atoms with van der Waals surface area (Å²) in [5.74, 6) is 1.90. The first-order valence-electron chi connectivity index (χ1n) is 7.87. The zero-order chi connectivity index (χ0) is 14.6. The van der Waals surface area contributed by atoms with E-state index in [1.54, 1.807) is 0 Å². The van der Waals surface area contributed by atoms with Crippen LogP contribution in [-0.4, -0.2) is 31.6 Å². The fourth-order valence-electron chi connectivity index (χ4n) is 2.90. The predicted octanol–water partition coefficient (Wildman–Crippen LogP) is 4.09. The quantitative estimate of drug-likeness (QED) is 0.820. The second-order valence-electron chi connectivity index (χ2n) is 7.13. The second kappa shape index (κ2) is 6.62. The standard InChI is InChI=1S/C18H29NO/c1-18(2,3)16-7-5-6-8-17(16)20-14-11-15-9-12-19(4)13-10-15/h5-8,15H,9-14H2,1-4H3. The number of hydrogen-bond acceptors (Lipinski definition) is 2. The van der Waals surface area contributed by atoms with Gasteiger partial charge in [0.05, 0.1) is 6.61 Å². The number of benzene rings is 1. The highest BCUT2D eigenvalue weighted by Crippen LogP contribution is 2.31. The van der Waals surface area contributed by atoms with E-state index in [0.29, 0.717) is 0 Å². The summed E-state index contributed by atoms with van der Waals surface area (Å²) in [5.41, 5.74) is 1.45. The summed E-state index contributed by atoms with van der Waals surface area (Å²) >= 11 is 0. The average Bonchev–Trinajstić information content (AvgIpc) is 2.40. The summed E-state index contributed by atoms with van der Waals surface area (Å²) < 4.78 is 6.08. The Kier molecular flexibility index (Phi) is 5.09. The lowest BCUT2D eigenvalue weighted by atomic mass is 9.86. The lowest BCUT2D eigenvalue weighted by Crippen LogP contribution is -2.30. The van der Waals surface area contributed by atoms with Crippen LogP contribution >= 0.6 is 0 Å². The summed E-state index contributed by atoms with van der Waals surface area (Å²) in [4.78, 5) is 2.42. The first-order chi connectivity index (χ1) is 9.47. The van der Waals surface area contributed by atoms with Crippen molar-refractivity contribution in [2.75, 3.05) is 26.7 Å². The first-order valence-corrected chi connectivity index (χ1v) is 7.87. The van der Waals surface area contributed by atoms with Crippen molar-refractivity contribution in [2.45, 2.75) is 45.4 Å². The van der Waals surface area contributed by atoms with Gasteiger partial charge in [0, 0.05) is 0 Å². The molecule has 0 spiro atoms. The number of nitrogens with zero attached hydrogens (tertiary/aromatic N) is 1. The van der Waals surface area contributed by atoms with E-state index >= 15 is 0 Å². The van der Waals surface area contributed by atoms with Gasteiger partial charge in [-0.25, -0.2) is 0 Å². The third-order valence-electron chi connectivity index (χ3n) is 4.32. The van der Waals surface area contributed by atoms with E-state index in [1.165, 1.54) is 37.9 Å². The lowest BCUT2D eigenvalue weighted by molar-refractivity contribution is 0.186. The smallest absolute Gasteiger partial charge is 0.123 e. The van der Waals surface area contributed by atoms with E-state index < -0.39 is 0 Å². The fraction of sp³-hybridized carbons (Fsp3) is 0.667. The number of likely N-dealkylation sites (tertiary alicyclic amines) is 1. The Morgan fingerprint density at radius 1 is 1.15 bits per heavy atom. The Hall–Kier alpha value is -1.02. The molecule has 0 radical (unpaired) electrons. The summed E-state index contributed by atoms with van der Waals surface area (Å²) in [6.07, 6.45) is 3.83. The van der Waals surface area contributed by atoms with Gasteiger partial charge in [0.2, 0.25) is 0 Å². The highest BCUT2D eigenvalue weighted by Gasteiger charge is 2.19. The van der Waals surface area contributed by atoms with Crippen LogP contribution < -0.4 is 4.74 Å². The summed E-state index contributed by atoms with van der Waals surface area (Å²) in [6.45, 7) is 10.1. The van der Waals surface area contributed by atoms with E-state index in [0.717, 1.165) is 18.3 Å². The summed E-state index contributed by atoms with van der Waals surface area (Å²) in [6, 6.07) is 8.46. The molecule has 0 saturated carbocycles. The minimum Gasteiger partial charge on any atom is -0.493 e. The second-order valence-corrected chi connectivity index (χ2v) is 7.13. The van der Waals surface area contributed by atoms with Gasteiger partial charge in [-0.15, -0.1) is 0 Å². The molecule has 1 aliphatic rings. The number of rotatable bonds is 4. The maximum Gasteiger partial charge on any atom is 0.123 e. The van der Waals surface area contributed by atoms with Crippen molar-refractivity contribution in [1.29, 1.82) is 0 Å². The molecule has 1 aromatic carbocycles. The Bertz CT molecular complexity index is 414. The van der Waals surface area contributed by atoms with E-state index in [-0.39, 0.29) is 5.41 Å². The van der Waals surface area contributed by atoms with Crippen molar-refractivity contribution in [3.8, 4) is 5.75 Å². The monoisotopic (exact) mass is 275 g/mol. The van der Waals surface area contributed by atoms with Crippen LogP contribution in [-0.2, 0) is 5.41 Å². The average molecular weight is 275 g/mol. The van der Waals surface area contributed by atoms with Crippen LogP contribution in [0.1, 0.15) is 45.6 Å². The van der Waals surface area contributed by atoms with Crippen LogP contribution in [0.5, 0.6) is 5.75 Å². The third kappa shape index (κ3) is 4.24. The zero-order valence-corrected chi connectivity index (χ0v) is 13.5. The molecule has 0 aliphatic carbocycles. The van der Waals surface area contributed by atoms with E-state index in [4.69, 9.17) is 4.74 Å². The van der Waals surface area contributed by atoms with E-state index in [9.17, 15) is 0 Å². The van der Waals surface area contributed by atoms with Crippen molar-refractivity contribution >= 4 is 0 Å². The van der Waals surface area contributed by atoms with Gasteiger partial charge in [-0.2, -0.15) is 0 Å². The predicted molar refractivity (Wildman–Crippen MR) is 85.5 cm³/mol. The molecule has 2 heteroatoms. The SMILES string of the molecule is CN1CCC(CCOc2ccccc2C(C)(C)C)CC1. The van der Waals surface area contributed by atoms with Gasteiger partial charge in [-0.1, -0.05) is 39.0 Å². The Morgan fingerprint density at radius 2 is 1.80 bits per heavy atom. The molecule has 112 valence electrons. The Balaban J connectivity index is 1.85. The highest BCUT2D eigenvalue weighted by molar-refractivity contribution is 5.38. The molecule has 1 heterocycles. The molecule has 0 bridgehead atoms. The molecule has 0 unspecified atom stereocenters. The van der Waals surface area contributed by atoms with E-state index in [1.807, 2.05) is 0 Å². The molecule has 1 aromatic rings. The number of piperidine rings is 1. The molecule has 2 rings (SSSR count). The van der Waals surface area contributed by atoms with Gasteiger partial charge >= 0.3 is 0 Å². The highest BCUT2D eigenvalue weighted by atomic mass is 16.5. The molecule has 2 nitrogen and oxygen atoms in total. The molecule has 0 aromatic heterocycles. The van der Waals surface area contributed by atoms with Crippen molar-refractivity contribution in [2.24, 2.45) is 5.92 Å². The molecule has 0 atom stereocenters. The van der Waals surface area contributed by atoms with Gasteiger partial charge < -0.3 is 9.64 Å². The number of ether oxygens (including phenoxy) is 1. The molecular weight excluding hydrogens is 246 g/mol. The van der Waals surface area contributed by atoms with Gasteiger partial charge in [0.15, 0.2) is 0 Å². The lowest BCUT2D eigenvalue weighted by Gasteiger charge is -2.29. The Labute approximate surface area is 124 Å². The van der Waals surface area contributed by atoms with Crippen molar-refractivity contribution in [3.63, 3.8) is 0 Å². The van der Waals surface area contributed by atoms with Gasteiger partial charge in [0.25, 0.3) is 0 Å². The summed E-state index contributed by atoms with van der Waals surface area (Å²) in [5, 5.41) is 0. The Morgan fingerprint density at radius 3 is 2.45 bits per heavy atom. The van der Waals surface area contributed by atoms with Crippen molar-refractivity contribution in [3.05, 3.63) is 29.8 Å². The molecule has 0 N–H and O–H groups in total. The first kappa shape index (κ1) is 15.4. The van der Waals surface area contributed by atoms with Gasteiger partial charge in [-0.05, 0) is 62.4 Å². The molecule has 20 heavy (non-hydrogen) atoms. The maximum atomic E-state index is 6.08. The maximum absolute atomic E-state index is 6.08. The molecule has 0 amide bonds. The van der Waals surface area contributed by atoms with Crippen LogP contribution in [0.4, 0.5) is 0 Å². The largest absolute Gasteiger partial charge is 0.493 e. The number of para-hydroxylation sites is 1. The summed E-state index contributed by atoms with van der Waals surface area (Å²) in [7, 11) is 2.21. The molecule has 1 saturated heterocycles.